The third kappa shape index (κ3) is 3.11. The minimum absolute atomic E-state index is 0.628. The molecule has 1 aromatic heterocycles. The molecule has 1 N–H and O–H groups in total. The summed E-state index contributed by atoms with van der Waals surface area (Å²) >= 11 is 0. The fourth-order valence-electron chi connectivity index (χ4n) is 1.86. The number of rotatable bonds is 6. The second kappa shape index (κ2) is 6.21. The summed E-state index contributed by atoms with van der Waals surface area (Å²) < 4.78 is 7.76. The van der Waals surface area contributed by atoms with E-state index in [1.165, 1.54) is 5.56 Å². The van der Waals surface area contributed by atoms with Gasteiger partial charge in [0, 0.05) is 24.0 Å². The van der Waals surface area contributed by atoms with Crippen molar-refractivity contribution in [2.24, 2.45) is 0 Å². The Morgan fingerprint density at radius 3 is 2.83 bits per heavy atom. The molecule has 0 unspecified atom stereocenters. The van der Waals surface area contributed by atoms with Crippen molar-refractivity contribution < 1.29 is 4.74 Å². The molecular formula is C14H19N3O. The standard InChI is InChI=1S/C14H19N3O/c1-12-7-8-16-17(12)9-10-18-14-6-4-3-5-13(14)11-15-2/h3-8,15H,9-11H2,1-2H3. The number of benzene rings is 1. The molecule has 0 aliphatic carbocycles. The smallest absolute Gasteiger partial charge is 0.123 e. The Morgan fingerprint density at radius 1 is 1.28 bits per heavy atom. The van der Waals surface area contributed by atoms with Crippen molar-refractivity contribution in [1.82, 2.24) is 15.1 Å². The number of nitrogens with zero attached hydrogens (tertiary/aromatic N) is 2. The summed E-state index contributed by atoms with van der Waals surface area (Å²) in [4.78, 5) is 0. The fraction of sp³-hybridized carbons (Fsp3) is 0.357. The lowest BCUT2D eigenvalue weighted by Gasteiger charge is -2.11. The Labute approximate surface area is 108 Å². The van der Waals surface area contributed by atoms with E-state index in [4.69, 9.17) is 4.74 Å². The maximum Gasteiger partial charge on any atom is 0.123 e. The number of aryl methyl sites for hydroxylation is 1. The molecule has 0 radical (unpaired) electrons. The first kappa shape index (κ1) is 12.6. The summed E-state index contributed by atoms with van der Waals surface area (Å²) in [5.41, 5.74) is 2.33. The van der Waals surface area contributed by atoms with Crippen LogP contribution < -0.4 is 10.1 Å². The molecule has 2 rings (SSSR count). The first-order valence-electron chi connectivity index (χ1n) is 6.15. The quantitative estimate of drug-likeness (QED) is 0.846. The van der Waals surface area contributed by atoms with Crippen LogP contribution in [0, 0.1) is 6.92 Å². The highest BCUT2D eigenvalue weighted by Gasteiger charge is 2.02. The average Bonchev–Trinajstić information content (AvgIpc) is 2.78. The number of aromatic nitrogens is 2. The first-order chi connectivity index (χ1) is 8.81. The number of hydrogen-bond donors (Lipinski definition) is 1. The highest BCUT2D eigenvalue weighted by Crippen LogP contribution is 2.17. The summed E-state index contributed by atoms with van der Waals surface area (Å²) in [6.07, 6.45) is 1.81. The maximum atomic E-state index is 5.82. The number of nitrogens with one attached hydrogen (secondary N) is 1. The van der Waals surface area contributed by atoms with Crippen LogP contribution in [0.1, 0.15) is 11.3 Å². The van der Waals surface area contributed by atoms with E-state index in [0.717, 1.165) is 24.5 Å². The minimum Gasteiger partial charge on any atom is -0.491 e. The van der Waals surface area contributed by atoms with E-state index in [1.807, 2.05) is 49.1 Å². The molecule has 0 aliphatic rings. The summed E-state index contributed by atoms with van der Waals surface area (Å²) in [7, 11) is 1.93. The van der Waals surface area contributed by atoms with E-state index in [0.29, 0.717) is 6.61 Å². The molecule has 0 spiro atoms. The van der Waals surface area contributed by atoms with Gasteiger partial charge in [-0.2, -0.15) is 5.10 Å². The lowest BCUT2D eigenvalue weighted by atomic mass is 10.2. The van der Waals surface area contributed by atoms with Gasteiger partial charge in [-0.1, -0.05) is 18.2 Å². The molecule has 0 saturated heterocycles. The van der Waals surface area contributed by atoms with E-state index in [2.05, 4.69) is 16.5 Å². The molecule has 0 fully saturated rings. The zero-order valence-corrected chi connectivity index (χ0v) is 10.9. The molecule has 1 heterocycles. The van der Waals surface area contributed by atoms with Gasteiger partial charge in [-0.3, -0.25) is 4.68 Å². The zero-order valence-electron chi connectivity index (χ0n) is 10.9. The minimum atomic E-state index is 0.628. The number of para-hydroxylation sites is 1. The second-order valence-electron chi connectivity index (χ2n) is 4.18. The lowest BCUT2D eigenvalue weighted by Crippen LogP contribution is -2.12. The van der Waals surface area contributed by atoms with Crippen LogP contribution >= 0.6 is 0 Å². The number of ether oxygens (including phenoxy) is 1. The molecule has 0 saturated carbocycles. The molecule has 4 heteroatoms. The van der Waals surface area contributed by atoms with E-state index < -0.39 is 0 Å². The third-order valence-corrected chi connectivity index (χ3v) is 2.83. The zero-order chi connectivity index (χ0) is 12.8. The third-order valence-electron chi connectivity index (χ3n) is 2.83. The maximum absolute atomic E-state index is 5.82. The molecule has 0 atom stereocenters. The van der Waals surface area contributed by atoms with E-state index in [1.54, 1.807) is 0 Å². The van der Waals surface area contributed by atoms with E-state index >= 15 is 0 Å². The van der Waals surface area contributed by atoms with Crippen LogP contribution in [0.2, 0.25) is 0 Å². The molecule has 1 aromatic carbocycles. The van der Waals surface area contributed by atoms with Gasteiger partial charge in [-0.05, 0) is 26.1 Å². The Balaban J connectivity index is 1.92. The average molecular weight is 245 g/mol. The molecule has 4 nitrogen and oxygen atoms in total. The van der Waals surface area contributed by atoms with Gasteiger partial charge in [0.15, 0.2) is 0 Å². The topological polar surface area (TPSA) is 39.1 Å². The van der Waals surface area contributed by atoms with Crippen LogP contribution in [-0.4, -0.2) is 23.4 Å². The lowest BCUT2D eigenvalue weighted by molar-refractivity contribution is 0.287. The molecule has 0 aliphatic heterocycles. The molecule has 18 heavy (non-hydrogen) atoms. The predicted molar refractivity (Wildman–Crippen MR) is 71.7 cm³/mol. The molecule has 96 valence electrons. The Hall–Kier alpha value is -1.81. The molecule has 0 bridgehead atoms. The summed E-state index contributed by atoms with van der Waals surface area (Å²) in [5, 5.41) is 7.37. The van der Waals surface area contributed by atoms with Gasteiger partial charge >= 0.3 is 0 Å². The van der Waals surface area contributed by atoms with Gasteiger partial charge in [-0.25, -0.2) is 0 Å². The second-order valence-corrected chi connectivity index (χ2v) is 4.18. The van der Waals surface area contributed by atoms with Gasteiger partial charge in [0.1, 0.15) is 12.4 Å². The molecular weight excluding hydrogens is 226 g/mol. The van der Waals surface area contributed by atoms with Crippen LogP contribution in [0.25, 0.3) is 0 Å². The normalized spacial score (nSPS) is 10.6. The highest BCUT2D eigenvalue weighted by atomic mass is 16.5. The highest BCUT2D eigenvalue weighted by molar-refractivity contribution is 5.33. The Bertz CT molecular complexity index is 493. The van der Waals surface area contributed by atoms with Crippen molar-refractivity contribution in [3.05, 3.63) is 47.8 Å². The van der Waals surface area contributed by atoms with Crippen LogP contribution in [0.4, 0.5) is 0 Å². The van der Waals surface area contributed by atoms with Gasteiger partial charge in [0.05, 0.1) is 6.54 Å². The van der Waals surface area contributed by atoms with Crippen molar-refractivity contribution in [1.29, 1.82) is 0 Å². The van der Waals surface area contributed by atoms with Gasteiger partial charge in [-0.15, -0.1) is 0 Å². The van der Waals surface area contributed by atoms with Gasteiger partial charge in [0.2, 0.25) is 0 Å². The number of hydrogen-bond acceptors (Lipinski definition) is 3. The summed E-state index contributed by atoms with van der Waals surface area (Å²) in [6, 6.07) is 10.1. The van der Waals surface area contributed by atoms with Crippen LogP contribution in [0.15, 0.2) is 36.5 Å². The Morgan fingerprint density at radius 2 is 2.11 bits per heavy atom. The van der Waals surface area contributed by atoms with Crippen LogP contribution in [0.3, 0.4) is 0 Å². The van der Waals surface area contributed by atoms with Crippen molar-refractivity contribution in [3.63, 3.8) is 0 Å². The van der Waals surface area contributed by atoms with Gasteiger partial charge < -0.3 is 10.1 Å². The van der Waals surface area contributed by atoms with E-state index in [9.17, 15) is 0 Å². The first-order valence-corrected chi connectivity index (χ1v) is 6.15. The van der Waals surface area contributed by atoms with Crippen LogP contribution in [0.5, 0.6) is 5.75 Å². The van der Waals surface area contributed by atoms with Crippen molar-refractivity contribution in [3.8, 4) is 5.75 Å². The predicted octanol–water partition coefficient (Wildman–Crippen LogP) is 1.99. The van der Waals surface area contributed by atoms with Crippen molar-refractivity contribution in [2.45, 2.75) is 20.0 Å². The molecule has 0 amide bonds. The van der Waals surface area contributed by atoms with Crippen molar-refractivity contribution >= 4 is 0 Å². The molecule has 2 aromatic rings. The monoisotopic (exact) mass is 245 g/mol. The summed E-state index contributed by atoms with van der Waals surface area (Å²) in [5.74, 6) is 0.941. The fourth-order valence-corrected chi connectivity index (χ4v) is 1.86. The summed E-state index contributed by atoms with van der Waals surface area (Å²) in [6.45, 7) is 4.26. The van der Waals surface area contributed by atoms with Gasteiger partial charge in [0.25, 0.3) is 0 Å². The Kier molecular flexibility index (Phi) is 4.36. The van der Waals surface area contributed by atoms with Crippen LogP contribution in [-0.2, 0) is 13.1 Å². The SMILES string of the molecule is CNCc1ccccc1OCCn1nccc1C. The van der Waals surface area contributed by atoms with Crippen molar-refractivity contribution in [2.75, 3.05) is 13.7 Å². The van der Waals surface area contributed by atoms with E-state index in [-0.39, 0.29) is 0 Å². The largest absolute Gasteiger partial charge is 0.491 e.